The fourth-order valence-electron chi connectivity index (χ4n) is 2.88. The molecule has 0 N–H and O–H groups in total. The Hall–Kier alpha value is -2.48. The maximum absolute atomic E-state index is 9.67. The Morgan fingerprint density at radius 2 is 1.72 bits per heavy atom. The Kier molecular flexibility index (Phi) is 4.98. The van der Waals surface area contributed by atoms with Crippen molar-refractivity contribution in [3.63, 3.8) is 0 Å². The predicted octanol–water partition coefficient (Wildman–Crippen LogP) is 4.99. The molecule has 4 heteroatoms. The molecule has 2 aromatic carbocycles. The molecule has 2 unspecified atom stereocenters. The fraction of sp³-hybridized carbons (Fsp3) is 0.238. The van der Waals surface area contributed by atoms with Crippen molar-refractivity contribution in [2.24, 2.45) is 4.99 Å². The van der Waals surface area contributed by atoms with Crippen molar-refractivity contribution in [1.29, 1.82) is 5.26 Å². The highest BCUT2D eigenvalue weighted by Crippen LogP contribution is 2.27. The highest BCUT2D eigenvalue weighted by molar-refractivity contribution is 6.70. The van der Waals surface area contributed by atoms with E-state index in [1.54, 1.807) is 0 Å². The molecule has 0 bridgehead atoms. The summed E-state index contributed by atoms with van der Waals surface area (Å²) in [7, 11) is -1.76. The van der Waals surface area contributed by atoms with Crippen LogP contribution in [0.1, 0.15) is 22.7 Å². The number of rotatable bonds is 4. The minimum absolute atomic E-state index is 0.207. The van der Waals surface area contributed by atoms with E-state index in [9.17, 15) is 5.26 Å². The van der Waals surface area contributed by atoms with Crippen LogP contribution in [0.2, 0.25) is 19.6 Å². The predicted molar refractivity (Wildman–Crippen MR) is 105 cm³/mol. The molecule has 25 heavy (non-hydrogen) atoms. The van der Waals surface area contributed by atoms with Crippen LogP contribution in [0.5, 0.6) is 0 Å². The summed E-state index contributed by atoms with van der Waals surface area (Å²) in [6.45, 7) is 6.49. The summed E-state index contributed by atoms with van der Waals surface area (Å²) in [5, 5.41) is 9.67. The van der Waals surface area contributed by atoms with E-state index in [2.05, 4.69) is 50.0 Å². The SMILES string of the molecule is C[Si](C)(C)OC1C=Cc2ccccc2C1=NC(C#N)c1ccccc1. The molecule has 0 fully saturated rings. The Bertz CT molecular complexity index is 844. The van der Waals surface area contributed by atoms with Gasteiger partial charge in [-0.25, -0.2) is 0 Å². The van der Waals surface area contributed by atoms with Gasteiger partial charge < -0.3 is 4.43 Å². The Morgan fingerprint density at radius 3 is 2.40 bits per heavy atom. The lowest BCUT2D eigenvalue weighted by molar-refractivity contribution is 0.306. The van der Waals surface area contributed by atoms with Gasteiger partial charge in [-0.3, -0.25) is 4.99 Å². The topological polar surface area (TPSA) is 45.4 Å². The van der Waals surface area contributed by atoms with E-state index in [-0.39, 0.29) is 6.10 Å². The fourth-order valence-corrected chi connectivity index (χ4v) is 3.83. The molecule has 126 valence electrons. The zero-order valence-corrected chi connectivity index (χ0v) is 15.8. The lowest BCUT2D eigenvalue weighted by Crippen LogP contribution is -2.37. The molecule has 3 nitrogen and oxygen atoms in total. The highest BCUT2D eigenvalue weighted by atomic mass is 28.4. The second-order valence-electron chi connectivity index (χ2n) is 7.05. The monoisotopic (exact) mass is 346 g/mol. The Morgan fingerprint density at radius 1 is 1.04 bits per heavy atom. The molecule has 0 heterocycles. The lowest BCUT2D eigenvalue weighted by Gasteiger charge is -2.29. The second kappa shape index (κ2) is 7.18. The van der Waals surface area contributed by atoms with Gasteiger partial charge >= 0.3 is 0 Å². The van der Waals surface area contributed by atoms with Gasteiger partial charge in [0.25, 0.3) is 0 Å². The van der Waals surface area contributed by atoms with Crippen LogP contribution < -0.4 is 0 Å². The molecule has 0 radical (unpaired) electrons. The summed E-state index contributed by atoms with van der Waals surface area (Å²) < 4.78 is 6.34. The van der Waals surface area contributed by atoms with E-state index in [4.69, 9.17) is 9.42 Å². The molecule has 0 saturated carbocycles. The van der Waals surface area contributed by atoms with Crippen LogP contribution in [0.3, 0.4) is 0 Å². The normalized spacial score (nSPS) is 19.3. The number of benzene rings is 2. The van der Waals surface area contributed by atoms with E-state index in [0.29, 0.717) is 0 Å². The average Bonchev–Trinajstić information content (AvgIpc) is 2.60. The third-order valence-corrected chi connectivity index (χ3v) is 4.90. The Balaban J connectivity index is 2.07. The van der Waals surface area contributed by atoms with Crippen LogP contribution in [0.15, 0.2) is 65.7 Å². The minimum atomic E-state index is -1.76. The smallest absolute Gasteiger partial charge is 0.185 e. The third-order valence-electron chi connectivity index (χ3n) is 3.94. The quantitative estimate of drug-likeness (QED) is 0.732. The van der Waals surface area contributed by atoms with Crippen molar-refractivity contribution in [2.45, 2.75) is 31.8 Å². The maximum Gasteiger partial charge on any atom is 0.185 e. The summed E-state index contributed by atoms with van der Waals surface area (Å²) in [5.41, 5.74) is 3.90. The molecule has 1 aliphatic carbocycles. The van der Waals surface area contributed by atoms with Gasteiger partial charge in [-0.1, -0.05) is 66.7 Å². The first-order valence-electron chi connectivity index (χ1n) is 8.45. The zero-order valence-electron chi connectivity index (χ0n) is 14.8. The Labute approximate surface area is 150 Å². The van der Waals surface area contributed by atoms with Crippen molar-refractivity contribution in [2.75, 3.05) is 0 Å². The van der Waals surface area contributed by atoms with Crippen LogP contribution in [0.25, 0.3) is 6.08 Å². The molecule has 0 spiro atoms. The number of hydrogen-bond acceptors (Lipinski definition) is 3. The summed E-state index contributed by atoms with van der Waals surface area (Å²) in [4.78, 5) is 4.83. The van der Waals surface area contributed by atoms with Crippen LogP contribution in [-0.4, -0.2) is 20.1 Å². The number of nitrogens with zero attached hydrogens (tertiary/aromatic N) is 2. The minimum Gasteiger partial charge on any atom is -0.406 e. The number of hydrogen-bond donors (Lipinski definition) is 0. The molecule has 0 saturated heterocycles. The second-order valence-corrected chi connectivity index (χ2v) is 11.5. The summed E-state index contributed by atoms with van der Waals surface area (Å²) in [5.74, 6) is 0. The van der Waals surface area contributed by atoms with Gasteiger partial charge in [0, 0.05) is 5.56 Å². The van der Waals surface area contributed by atoms with Crippen molar-refractivity contribution < 1.29 is 4.43 Å². The molecule has 2 aromatic rings. The largest absolute Gasteiger partial charge is 0.406 e. The molecule has 2 atom stereocenters. The summed E-state index contributed by atoms with van der Waals surface area (Å²) in [6, 6.07) is 19.6. The molecule has 0 aliphatic heterocycles. The van der Waals surface area contributed by atoms with Gasteiger partial charge in [-0.05, 0) is 30.8 Å². The summed E-state index contributed by atoms with van der Waals surface area (Å²) >= 11 is 0. The molecule has 1 aliphatic rings. The van der Waals surface area contributed by atoms with Gasteiger partial charge in [-0.15, -0.1) is 0 Å². The van der Waals surface area contributed by atoms with Gasteiger partial charge in [0.1, 0.15) is 6.10 Å². The van der Waals surface area contributed by atoms with Gasteiger partial charge in [-0.2, -0.15) is 5.26 Å². The average molecular weight is 347 g/mol. The van der Waals surface area contributed by atoms with Crippen LogP contribution in [0, 0.1) is 11.3 Å². The molecule has 0 amide bonds. The van der Waals surface area contributed by atoms with Gasteiger partial charge in [0.2, 0.25) is 0 Å². The molecular weight excluding hydrogens is 324 g/mol. The molecular formula is C21H22N2OSi. The van der Waals surface area contributed by atoms with E-state index in [0.717, 1.165) is 22.4 Å². The van der Waals surface area contributed by atoms with Crippen molar-refractivity contribution in [3.8, 4) is 6.07 Å². The standard InChI is InChI=1S/C21H22N2OSi/c1-25(2,3)24-20-14-13-16-9-7-8-12-18(16)21(20)23-19(15-22)17-10-5-4-6-11-17/h4-14,19-20H,1-3H3. The molecule has 0 aromatic heterocycles. The van der Waals surface area contributed by atoms with Crippen LogP contribution >= 0.6 is 0 Å². The number of nitriles is 1. The van der Waals surface area contributed by atoms with Crippen LogP contribution in [0.4, 0.5) is 0 Å². The van der Waals surface area contributed by atoms with Crippen molar-refractivity contribution >= 4 is 20.1 Å². The van der Waals surface area contributed by atoms with Crippen LogP contribution in [-0.2, 0) is 4.43 Å². The van der Waals surface area contributed by atoms with Crippen molar-refractivity contribution in [3.05, 3.63) is 77.4 Å². The lowest BCUT2D eigenvalue weighted by atomic mass is 9.93. The van der Waals surface area contributed by atoms with Crippen molar-refractivity contribution in [1.82, 2.24) is 0 Å². The van der Waals surface area contributed by atoms with E-state index in [1.807, 2.05) is 42.5 Å². The van der Waals surface area contributed by atoms with Gasteiger partial charge in [0.05, 0.1) is 11.8 Å². The van der Waals surface area contributed by atoms with Gasteiger partial charge in [0.15, 0.2) is 14.4 Å². The summed E-state index contributed by atoms with van der Waals surface area (Å²) in [6.07, 6.45) is 3.93. The number of fused-ring (bicyclic) bond motifs is 1. The van der Waals surface area contributed by atoms with E-state index >= 15 is 0 Å². The van der Waals surface area contributed by atoms with E-state index in [1.165, 1.54) is 0 Å². The third kappa shape index (κ3) is 4.14. The molecule has 3 rings (SSSR count). The van der Waals surface area contributed by atoms with E-state index < -0.39 is 14.4 Å². The first kappa shape index (κ1) is 17.3. The number of aliphatic imine (C=N–C) groups is 1. The first-order valence-corrected chi connectivity index (χ1v) is 11.9. The zero-order chi connectivity index (χ0) is 17.9. The maximum atomic E-state index is 9.67. The first-order chi connectivity index (χ1) is 12.0. The highest BCUT2D eigenvalue weighted by Gasteiger charge is 2.28.